The van der Waals surface area contributed by atoms with Gasteiger partial charge in [0.15, 0.2) is 16.5 Å². The standard InChI is InChI=1S/C21H15N3O4S/c25-19(23-14-6-7-17-18(10-14)28-9-8-27-17)15-11-22-21-24(20(15)26)16(12-29-21)13-4-2-1-3-5-13/h1-7,10-12H,8-9H2,(H,23,25). The lowest BCUT2D eigenvalue weighted by Gasteiger charge is -2.18. The molecule has 2 aromatic heterocycles. The van der Waals surface area contributed by atoms with Crippen molar-refractivity contribution in [2.24, 2.45) is 0 Å². The minimum Gasteiger partial charge on any atom is -0.486 e. The van der Waals surface area contributed by atoms with Crippen molar-refractivity contribution in [2.45, 2.75) is 0 Å². The fourth-order valence-corrected chi connectivity index (χ4v) is 4.04. The summed E-state index contributed by atoms with van der Waals surface area (Å²) in [6.45, 7) is 0.943. The molecule has 4 aromatic rings. The second-order valence-electron chi connectivity index (χ2n) is 6.39. The molecule has 0 saturated heterocycles. The highest BCUT2D eigenvalue weighted by Gasteiger charge is 2.18. The molecule has 2 aromatic carbocycles. The Morgan fingerprint density at radius 2 is 1.86 bits per heavy atom. The highest BCUT2D eigenvalue weighted by Crippen LogP contribution is 2.32. The van der Waals surface area contributed by atoms with Crippen molar-refractivity contribution in [3.05, 3.63) is 76.0 Å². The fourth-order valence-electron chi connectivity index (χ4n) is 3.18. The molecule has 7 nitrogen and oxygen atoms in total. The van der Waals surface area contributed by atoms with Crippen LogP contribution in [0.4, 0.5) is 5.69 Å². The van der Waals surface area contributed by atoms with Gasteiger partial charge in [-0.2, -0.15) is 0 Å². The minimum absolute atomic E-state index is 0.0343. The van der Waals surface area contributed by atoms with Gasteiger partial charge in [-0.1, -0.05) is 30.3 Å². The molecule has 0 aliphatic carbocycles. The minimum atomic E-state index is -0.529. The summed E-state index contributed by atoms with van der Waals surface area (Å²) in [7, 11) is 0. The largest absolute Gasteiger partial charge is 0.486 e. The van der Waals surface area contributed by atoms with Crippen LogP contribution in [0.25, 0.3) is 16.2 Å². The van der Waals surface area contributed by atoms with Crippen LogP contribution in [-0.2, 0) is 0 Å². The van der Waals surface area contributed by atoms with E-state index in [4.69, 9.17) is 9.47 Å². The molecule has 3 heterocycles. The smallest absolute Gasteiger partial charge is 0.271 e. The van der Waals surface area contributed by atoms with Crippen molar-refractivity contribution in [2.75, 3.05) is 18.5 Å². The quantitative estimate of drug-likeness (QED) is 0.565. The first-order valence-electron chi connectivity index (χ1n) is 8.96. The monoisotopic (exact) mass is 405 g/mol. The Kier molecular flexibility index (Phi) is 4.25. The molecule has 0 spiro atoms. The van der Waals surface area contributed by atoms with E-state index in [1.807, 2.05) is 35.7 Å². The summed E-state index contributed by atoms with van der Waals surface area (Å²) >= 11 is 1.35. The second-order valence-corrected chi connectivity index (χ2v) is 7.23. The third-order valence-corrected chi connectivity index (χ3v) is 5.40. The van der Waals surface area contributed by atoms with E-state index in [1.165, 1.54) is 21.9 Å². The maximum Gasteiger partial charge on any atom is 0.271 e. The Morgan fingerprint density at radius 3 is 2.69 bits per heavy atom. The van der Waals surface area contributed by atoms with Gasteiger partial charge in [-0.15, -0.1) is 11.3 Å². The average molecular weight is 405 g/mol. The number of thiazole rings is 1. The first-order valence-corrected chi connectivity index (χ1v) is 9.84. The summed E-state index contributed by atoms with van der Waals surface area (Å²) in [5.74, 6) is 0.658. The van der Waals surface area contributed by atoms with Gasteiger partial charge >= 0.3 is 0 Å². The van der Waals surface area contributed by atoms with Crippen LogP contribution in [0.15, 0.2) is 64.9 Å². The molecule has 1 aliphatic rings. The lowest BCUT2D eigenvalue weighted by Crippen LogP contribution is -2.26. The summed E-state index contributed by atoms with van der Waals surface area (Å²) in [4.78, 5) is 30.7. The normalized spacial score (nSPS) is 12.7. The van der Waals surface area contributed by atoms with Crippen molar-refractivity contribution in [1.82, 2.24) is 9.38 Å². The molecule has 1 N–H and O–H groups in total. The molecule has 144 valence electrons. The summed E-state index contributed by atoms with van der Waals surface area (Å²) in [5, 5.41) is 4.60. The summed E-state index contributed by atoms with van der Waals surface area (Å²) in [5.41, 5.74) is 1.65. The number of fused-ring (bicyclic) bond motifs is 2. The van der Waals surface area contributed by atoms with Gasteiger partial charge in [0.25, 0.3) is 11.5 Å². The third kappa shape index (κ3) is 3.13. The lowest BCUT2D eigenvalue weighted by atomic mass is 10.2. The number of amides is 1. The van der Waals surface area contributed by atoms with Crippen molar-refractivity contribution < 1.29 is 14.3 Å². The molecule has 29 heavy (non-hydrogen) atoms. The third-order valence-electron chi connectivity index (χ3n) is 4.56. The van der Waals surface area contributed by atoms with Gasteiger partial charge in [-0.05, 0) is 17.7 Å². The summed E-state index contributed by atoms with van der Waals surface area (Å²) in [6, 6.07) is 14.6. The number of rotatable bonds is 3. The number of hydrogen-bond acceptors (Lipinski definition) is 6. The first kappa shape index (κ1) is 17.4. The van der Waals surface area contributed by atoms with Crippen LogP contribution >= 0.6 is 11.3 Å². The lowest BCUT2D eigenvalue weighted by molar-refractivity contribution is 0.102. The van der Waals surface area contributed by atoms with E-state index in [0.29, 0.717) is 41.1 Å². The molecule has 1 amide bonds. The van der Waals surface area contributed by atoms with Gasteiger partial charge in [-0.3, -0.25) is 14.0 Å². The first-order chi connectivity index (χ1) is 14.2. The average Bonchev–Trinajstić information content (AvgIpc) is 3.19. The fraction of sp³-hybridized carbons (Fsp3) is 0.0952. The molecule has 8 heteroatoms. The predicted octanol–water partition coefficient (Wildman–Crippen LogP) is 3.45. The number of aromatic nitrogens is 2. The highest BCUT2D eigenvalue weighted by atomic mass is 32.1. The van der Waals surface area contributed by atoms with E-state index in [1.54, 1.807) is 18.2 Å². The van der Waals surface area contributed by atoms with Gasteiger partial charge in [0, 0.05) is 23.3 Å². The van der Waals surface area contributed by atoms with Crippen molar-refractivity contribution in [3.63, 3.8) is 0 Å². The molecule has 0 saturated carbocycles. The predicted molar refractivity (Wildman–Crippen MR) is 110 cm³/mol. The molecule has 1 aliphatic heterocycles. The SMILES string of the molecule is O=C(Nc1ccc2c(c1)OCCO2)c1cnc2scc(-c3ccccc3)n2c1=O. The van der Waals surface area contributed by atoms with E-state index in [-0.39, 0.29) is 5.56 Å². The molecule has 0 fully saturated rings. The van der Waals surface area contributed by atoms with Crippen LogP contribution < -0.4 is 20.3 Å². The van der Waals surface area contributed by atoms with Crippen molar-refractivity contribution >= 4 is 27.9 Å². The zero-order chi connectivity index (χ0) is 19.8. The van der Waals surface area contributed by atoms with E-state index >= 15 is 0 Å². The zero-order valence-corrected chi connectivity index (χ0v) is 15.9. The van der Waals surface area contributed by atoms with E-state index < -0.39 is 11.5 Å². The van der Waals surface area contributed by atoms with Crippen LogP contribution in [0.2, 0.25) is 0 Å². The number of ether oxygens (including phenoxy) is 2. The van der Waals surface area contributed by atoms with Crippen LogP contribution in [0.1, 0.15) is 10.4 Å². The molecule has 0 atom stereocenters. The Balaban J connectivity index is 1.51. The molecule has 0 radical (unpaired) electrons. The van der Waals surface area contributed by atoms with Gasteiger partial charge in [0.2, 0.25) is 0 Å². The van der Waals surface area contributed by atoms with Crippen LogP contribution in [-0.4, -0.2) is 28.5 Å². The molecular formula is C21H15N3O4S. The number of nitrogens with one attached hydrogen (secondary N) is 1. The Hall–Kier alpha value is -3.65. The summed E-state index contributed by atoms with van der Waals surface area (Å²) < 4.78 is 12.5. The molecule has 0 bridgehead atoms. The maximum atomic E-state index is 13.1. The van der Waals surface area contributed by atoms with Gasteiger partial charge in [0.1, 0.15) is 18.8 Å². The van der Waals surface area contributed by atoms with Gasteiger partial charge in [-0.25, -0.2) is 4.98 Å². The molecular weight excluding hydrogens is 390 g/mol. The van der Waals surface area contributed by atoms with E-state index in [2.05, 4.69) is 10.3 Å². The number of benzene rings is 2. The van der Waals surface area contributed by atoms with Crippen molar-refractivity contribution in [3.8, 4) is 22.8 Å². The Bertz CT molecular complexity index is 1280. The topological polar surface area (TPSA) is 81.9 Å². The number of carbonyl (C=O) groups excluding carboxylic acids is 1. The van der Waals surface area contributed by atoms with Gasteiger partial charge in [0.05, 0.1) is 5.69 Å². The number of carbonyl (C=O) groups is 1. The van der Waals surface area contributed by atoms with E-state index in [0.717, 1.165) is 5.56 Å². The summed E-state index contributed by atoms with van der Waals surface area (Å²) in [6.07, 6.45) is 1.32. The number of hydrogen-bond donors (Lipinski definition) is 1. The van der Waals surface area contributed by atoms with Crippen molar-refractivity contribution in [1.29, 1.82) is 0 Å². The molecule has 0 unspecified atom stereocenters. The Morgan fingerprint density at radius 1 is 1.07 bits per heavy atom. The number of anilines is 1. The highest BCUT2D eigenvalue weighted by molar-refractivity contribution is 7.15. The van der Waals surface area contributed by atoms with Crippen LogP contribution in [0.5, 0.6) is 11.5 Å². The zero-order valence-electron chi connectivity index (χ0n) is 15.1. The second kappa shape index (κ2) is 7.06. The van der Waals surface area contributed by atoms with Crippen LogP contribution in [0.3, 0.4) is 0 Å². The van der Waals surface area contributed by atoms with E-state index in [9.17, 15) is 9.59 Å². The maximum absolute atomic E-state index is 13.1. The molecule has 5 rings (SSSR count). The number of nitrogens with zero attached hydrogens (tertiary/aromatic N) is 2. The Labute approximate surface area is 169 Å². The van der Waals surface area contributed by atoms with Crippen LogP contribution in [0, 0.1) is 0 Å². The van der Waals surface area contributed by atoms with Gasteiger partial charge < -0.3 is 14.8 Å².